The number of ether oxygens (including phenoxy) is 1. The molecule has 0 aliphatic carbocycles. The number of aliphatic imine (C=N–C) groups is 1. The van der Waals surface area contributed by atoms with Crippen molar-refractivity contribution in [3.8, 4) is 0 Å². The number of methoxy groups -OCH3 is 1. The molecule has 0 radical (unpaired) electrons. The molecule has 0 aromatic carbocycles. The fourth-order valence-corrected chi connectivity index (χ4v) is 2.80. The number of rotatable bonds is 6. The van der Waals surface area contributed by atoms with Gasteiger partial charge in [-0.25, -0.2) is 5.84 Å². The second-order valence-corrected chi connectivity index (χ2v) is 4.99. The van der Waals surface area contributed by atoms with Gasteiger partial charge in [0.2, 0.25) is 5.96 Å². The molecule has 0 aromatic heterocycles. The standard InChI is InChI=1S/C10H22N4OS/c1-15-5-2-4-12-10(14-11)13-7-9-3-6-16-8-9/h9H,2-8,11H2,1H3,(H2,12,13,14). The number of thioether (sulfide) groups is 1. The minimum Gasteiger partial charge on any atom is -0.385 e. The maximum absolute atomic E-state index is 5.39. The van der Waals surface area contributed by atoms with Crippen molar-refractivity contribution in [3.05, 3.63) is 0 Å². The monoisotopic (exact) mass is 246 g/mol. The highest BCUT2D eigenvalue weighted by atomic mass is 32.2. The minimum atomic E-state index is 0.688. The van der Waals surface area contributed by atoms with Gasteiger partial charge in [-0.3, -0.25) is 10.4 Å². The van der Waals surface area contributed by atoms with E-state index in [1.807, 2.05) is 11.8 Å². The Labute approximate surface area is 102 Å². The van der Waals surface area contributed by atoms with Gasteiger partial charge in [0.1, 0.15) is 0 Å². The number of nitrogens with zero attached hydrogens (tertiary/aromatic N) is 1. The van der Waals surface area contributed by atoms with E-state index in [4.69, 9.17) is 10.6 Å². The first-order valence-electron chi connectivity index (χ1n) is 5.68. The van der Waals surface area contributed by atoms with Crippen molar-refractivity contribution < 1.29 is 4.74 Å². The van der Waals surface area contributed by atoms with Crippen LogP contribution in [0.3, 0.4) is 0 Å². The van der Waals surface area contributed by atoms with E-state index in [0.717, 1.165) is 26.1 Å². The van der Waals surface area contributed by atoms with Gasteiger partial charge in [-0.1, -0.05) is 0 Å². The van der Waals surface area contributed by atoms with Gasteiger partial charge in [0.25, 0.3) is 0 Å². The van der Waals surface area contributed by atoms with Crippen LogP contribution in [-0.2, 0) is 4.74 Å². The lowest BCUT2D eigenvalue weighted by Gasteiger charge is -2.10. The lowest BCUT2D eigenvalue weighted by atomic mass is 10.1. The fourth-order valence-electron chi connectivity index (χ4n) is 1.52. The van der Waals surface area contributed by atoms with Crippen LogP contribution in [0, 0.1) is 5.92 Å². The van der Waals surface area contributed by atoms with Gasteiger partial charge in [0.05, 0.1) is 0 Å². The second-order valence-electron chi connectivity index (χ2n) is 3.84. The molecule has 1 saturated heterocycles. The predicted octanol–water partition coefficient (Wildman–Crippen LogP) is 0.185. The minimum absolute atomic E-state index is 0.688. The molecule has 5 nitrogen and oxygen atoms in total. The Morgan fingerprint density at radius 2 is 2.50 bits per heavy atom. The number of hydrazine groups is 1. The third kappa shape index (κ3) is 5.58. The van der Waals surface area contributed by atoms with Gasteiger partial charge in [-0.2, -0.15) is 11.8 Å². The van der Waals surface area contributed by atoms with Crippen molar-refractivity contribution in [3.63, 3.8) is 0 Å². The first-order chi connectivity index (χ1) is 7.86. The van der Waals surface area contributed by atoms with Crippen molar-refractivity contribution in [2.45, 2.75) is 12.8 Å². The van der Waals surface area contributed by atoms with Gasteiger partial charge in [-0.05, 0) is 30.3 Å². The smallest absolute Gasteiger partial charge is 0.205 e. The van der Waals surface area contributed by atoms with Gasteiger partial charge in [0, 0.05) is 26.8 Å². The van der Waals surface area contributed by atoms with E-state index in [9.17, 15) is 0 Å². The summed E-state index contributed by atoms with van der Waals surface area (Å²) in [5, 5.41) is 3.16. The summed E-state index contributed by atoms with van der Waals surface area (Å²) in [4.78, 5) is 4.44. The van der Waals surface area contributed by atoms with Crippen LogP contribution in [0.5, 0.6) is 0 Å². The van der Waals surface area contributed by atoms with Gasteiger partial charge in [0.15, 0.2) is 0 Å². The third-order valence-electron chi connectivity index (χ3n) is 2.49. The van der Waals surface area contributed by atoms with E-state index in [-0.39, 0.29) is 0 Å². The molecule has 16 heavy (non-hydrogen) atoms. The summed E-state index contributed by atoms with van der Waals surface area (Å²) in [6.45, 7) is 2.45. The summed E-state index contributed by atoms with van der Waals surface area (Å²) in [6.07, 6.45) is 2.23. The Morgan fingerprint density at radius 3 is 3.12 bits per heavy atom. The number of hydrogen-bond acceptors (Lipinski definition) is 4. The highest BCUT2D eigenvalue weighted by Gasteiger charge is 2.14. The summed E-state index contributed by atoms with van der Waals surface area (Å²) in [7, 11) is 1.70. The summed E-state index contributed by atoms with van der Waals surface area (Å²) >= 11 is 2.01. The van der Waals surface area contributed by atoms with Crippen LogP contribution in [0.4, 0.5) is 0 Å². The molecule has 6 heteroatoms. The van der Waals surface area contributed by atoms with Crippen LogP contribution in [-0.4, -0.2) is 44.3 Å². The van der Waals surface area contributed by atoms with E-state index in [1.165, 1.54) is 17.9 Å². The number of nitrogens with one attached hydrogen (secondary N) is 2. The van der Waals surface area contributed by atoms with Crippen LogP contribution in [0.2, 0.25) is 0 Å². The van der Waals surface area contributed by atoms with Crippen molar-refractivity contribution in [2.24, 2.45) is 16.8 Å². The van der Waals surface area contributed by atoms with Crippen LogP contribution >= 0.6 is 11.8 Å². The quantitative estimate of drug-likeness (QED) is 0.205. The first-order valence-corrected chi connectivity index (χ1v) is 6.84. The molecule has 1 unspecified atom stereocenters. The Morgan fingerprint density at radius 1 is 1.62 bits per heavy atom. The fraction of sp³-hybridized carbons (Fsp3) is 0.900. The molecule has 1 fully saturated rings. The second kappa shape index (κ2) is 8.66. The lowest BCUT2D eigenvalue weighted by Crippen LogP contribution is -2.42. The summed E-state index contributed by atoms with van der Waals surface area (Å²) in [6, 6.07) is 0. The molecule has 4 N–H and O–H groups in total. The molecule has 1 atom stereocenters. The largest absolute Gasteiger partial charge is 0.385 e. The molecule has 94 valence electrons. The molecule has 1 rings (SSSR count). The lowest BCUT2D eigenvalue weighted by molar-refractivity contribution is 0.195. The molecule has 1 aliphatic heterocycles. The van der Waals surface area contributed by atoms with Crippen LogP contribution < -0.4 is 16.6 Å². The zero-order valence-electron chi connectivity index (χ0n) is 9.87. The van der Waals surface area contributed by atoms with E-state index in [1.54, 1.807) is 7.11 Å². The SMILES string of the molecule is COCCCNC(=NCC1CCSC1)NN. The number of nitrogens with two attached hydrogens (primary N) is 1. The highest BCUT2D eigenvalue weighted by Crippen LogP contribution is 2.23. The maximum atomic E-state index is 5.39. The topological polar surface area (TPSA) is 71.7 Å². The molecule has 0 spiro atoms. The number of hydrogen-bond donors (Lipinski definition) is 3. The molecular weight excluding hydrogens is 224 g/mol. The van der Waals surface area contributed by atoms with Crippen LogP contribution in [0.25, 0.3) is 0 Å². The molecule has 0 amide bonds. The highest BCUT2D eigenvalue weighted by molar-refractivity contribution is 7.99. The molecule has 1 aliphatic rings. The van der Waals surface area contributed by atoms with Crippen LogP contribution in [0.1, 0.15) is 12.8 Å². The van der Waals surface area contributed by atoms with E-state index in [2.05, 4.69) is 15.7 Å². The van der Waals surface area contributed by atoms with Crippen molar-refractivity contribution >= 4 is 17.7 Å². The number of guanidine groups is 1. The normalized spacial score (nSPS) is 21.1. The summed E-state index contributed by atoms with van der Waals surface area (Å²) in [5.74, 6) is 9.30. The zero-order chi connectivity index (χ0) is 11.6. The van der Waals surface area contributed by atoms with E-state index >= 15 is 0 Å². The summed E-state index contributed by atoms with van der Waals surface area (Å²) in [5.41, 5.74) is 2.59. The molecule has 1 heterocycles. The predicted molar refractivity (Wildman–Crippen MR) is 69.6 cm³/mol. The van der Waals surface area contributed by atoms with Crippen LogP contribution in [0.15, 0.2) is 4.99 Å². The Kier molecular flexibility index (Phi) is 7.37. The zero-order valence-corrected chi connectivity index (χ0v) is 10.7. The Balaban J connectivity index is 2.15. The average Bonchev–Trinajstić information content (AvgIpc) is 2.81. The van der Waals surface area contributed by atoms with Gasteiger partial charge >= 0.3 is 0 Å². The van der Waals surface area contributed by atoms with Crippen molar-refractivity contribution in [2.75, 3.05) is 38.3 Å². The maximum Gasteiger partial charge on any atom is 0.205 e. The Hall–Kier alpha value is -0.460. The molecular formula is C10H22N4OS. The molecule has 0 aromatic rings. The average molecular weight is 246 g/mol. The molecule has 0 bridgehead atoms. The van der Waals surface area contributed by atoms with E-state index in [0.29, 0.717) is 11.9 Å². The first kappa shape index (κ1) is 13.6. The van der Waals surface area contributed by atoms with E-state index < -0.39 is 0 Å². The Bertz CT molecular complexity index is 207. The third-order valence-corrected chi connectivity index (χ3v) is 3.72. The summed E-state index contributed by atoms with van der Waals surface area (Å²) < 4.78 is 4.96. The molecule has 0 saturated carbocycles. The van der Waals surface area contributed by atoms with Gasteiger partial charge in [-0.15, -0.1) is 0 Å². The van der Waals surface area contributed by atoms with Crippen molar-refractivity contribution in [1.29, 1.82) is 0 Å². The van der Waals surface area contributed by atoms with Gasteiger partial charge < -0.3 is 10.1 Å². The van der Waals surface area contributed by atoms with Crippen molar-refractivity contribution in [1.82, 2.24) is 10.7 Å².